The van der Waals surface area contributed by atoms with Crippen LogP contribution in [0.4, 0.5) is 5.82 Å². The number of nitrogens with one attached hydrogen (secondary N) is 1. The molecule has 0 aliphatic rings. The van der Waals surface area contributed by atoms with E-state index in [1.54, 1.807) is 6.20 Å². The minimum atomic E-state index is 0.639. The number of hydrogen-bond acceptors (Lipinski definition) is 4. The van der Waals surface area contributed by atoms with Gasteiger partial charge in [0.15, 0.2) is 5.82 Å². The molecule has 3 N–H and O–H groups in total. The van der Waals surface area contributed by atoms with Gasteiger partial charge in [0.1, 0.15) is 0 Å². The van der Waals surface area contributed by atoms with E-state index in [0.29, 0.717) is 5.82 Å². The molecule has 1 heterocycles. The highest BCUT2D eigenvalue weighted by Gasteiger charge is 1.96. The fraction of sp³-hybridized carbons (Fsp3) is 0.333. The third kappa shape index (κ3) is 1.22. The van der Waals surface area contributed by atoms with Crippen molar-refractivity contribution in [2.45, 2.75) is 13.8 Å². The van der Waals surface area contributed by atoms with Gasteiger partial charge in [0.05, 0.1) is 11.4 Å². The van der Waals surface area contributed by atoms with Gasteiger partial charge in [0.2, 0.25) is 0 Å². The number of aryl methyl sites for hydroxylation is 2. The Kier molecular flexibility index (Phi) is 1.82. The van der Waals surface area contributed by atoms with Crippen LogP contribution in [0.1, 0.15) is 11.4 Å². The standard InChI is InChI=1S/C6H10N4/c1-4-3-8-5(2)6(9-4)10-7/h3H,7H2,1-2H3,(H,9,10). The average Bonchev–Trinajstić information content (AvgIpc) is 1.94. The highest BCUT2D eigenvalue weighted by atomic mass is 15.3. The number of nitrogen functional groups attached to an aromatic ring is 1. The Labute approximate surface area is 59.5 Å². The van der Waals surface area contributed by atoms with Gasteiger partial charge in [-0.2, -0.15) is 0 Å². The van der Waals surface area contributed by atoms with Crippen LogP contribution in [0.25, 0.3) is 0 Å². The predicted octanol–water partition coefficient (Wildman–Crippen LogP) is 0.379. The van der Waals surface area contributed by atoms with E-state index in [9.17, 15) is 0 Å². The van der Waals surface area contributed by atoms with Gasteiger partial charge in [-0.25, -0.2) is 10.8 Å². The Bertz CT molecular complexity index is 233. The first-order chi connectivity index (χ1) is 4.74. The van der Waals surface area contributed by atoms with Gasteiger partial charge >= 0.3 is 0 Å². The Balaban J connectivity index is 3.09. The molecule has 0 radical (unpaired) electrons. The molecule has 0 unspecified atom stereocenters. The molecule has 0 aliphatic heterocycles. The predicted molar refractivity (Wildman–Crippen MR) is 39.3 cm³/mol. The van der Waals surface area contributed by atoms with Crippen molar-refractivity contribution in [3.63, 3.8) is 0 Å². The number of rotatable bonds is 1. The Hall–Kier alpha value is -1.16. The topological polar surface area (TPSA) is 63.8 Å². The molecular formula is C6H10N4. The quantitative estimate of drug-likeness (QED) is 0.435. The molecule has 0 bridgehead atoms. The van der Waals surface area contributed by atoms with Gasteiger partial charge in [-0.15, -0.1) is 0 Å². The number of aromatic nitrogens is 2. The van der Waals surface area contributed by atoms with Crippen LogP contribution in [0.15, 0.2) is 6.20 Å². The highest BCUT2D eigenvalue weighted by Crippen LogP contribution is 2.05. The van der Waals surface area contributed by atoms with Crippen molar-refractivity contribution in [1.29, 1.82) is 0 Å². The molecule has 0 aromatic carbocycles. The number of hydrogen-bond donors (Lipinski definition) is 2. The summed E-state index contributed by atoms with van der Waals surface area (Å²) in [7, 11) is 0. The molecule has 54 valence electrons. The summed E-state index contributed by atoms with van der Waals surface area (Å²) in [6.07, 6.45) is 1.70. The van der Waals surface area contributed by atoms with Gasteiger partial charge < -0.3 is 5.43 Å². The molecule has 1 rings (SSSR count). The molecule has 1 aromatic rings. The molecule has 4 heteroatoms. The molecule has 0 aliphatic carbocycles. The van der Waals surface area contributed by atoms with Crippen LogP contribution in [-0.2, 0) is 0 Å². The van der Waals surface area contributed by atoms with Gasteiger partial charge in [0, 0.05) is 6.20 Å². The second kappa shape index (κ2) is 2.62. The maximum absolute atomic E-state index is 5.17. The Morgan fingerprint density at radius 2 is 2.20 bits per heavy atom. The van der Waals surface area contributed by atoms with Crippen LogP contribution >= 0.6 is 0 Å². The van der Waals surface area contributed by atoms with Crippen LogP contribution in [-0.4, -0.2) is 9.97 Å². The van der Waals surface area contributed by atoms with E-state index < -0.39 is 0 Å². The molecule has 4 nitrogen and oxygen atoms in total. The minimum Gasteiger partial charge on any atom is -0.307 e. The molecule has 0 saturated heterocycles. The Morgan fingerprint density at radius 1 is 1.50 bits per heavy atom. The van der Waals surface area contributed by atoms with E-state index in [1.165, 1.54) is 0 Å². The molecule has 1 aromatic heterocycles. The molecule has 0 amide bonds. The fourth-order valence-corrected chi connectivity index (χ4v) is 0.674. The lowest BCUT2D eigenvalue weighted by molar-refractivity contribution is 1.05. The zero-order valence-electron chi connectivity index (χ0n) is 6.05. The zero-order valence-corrected chi connectivity index (χ0v) is 6.05. The number of hydrazine groups is 1. The second-order valence-electron chi connectivity index (χ2n) is 2.09. The summed E-state index contributed by atoms with van der Waals surface area (Å²) in [4.78, 5) is 8.14. The summed E-state index contributed by atoms with van der Waals surface area (Å²) in [5.41, 5.74) is 4.14. The maximum Gasteiger partial charge on any atom is 0.161 e. The van der Waals surface area contributed by atoms with E-state index >= 15 is 0 Å². The van der Waals surface area contributed by atoms with E-state index in [1.807, 2.05) is 13.8 Å². The first-order valence-electron chi connectivity index (χ1n) is 3.01. The summed E-state index contributed by atoms with van der Waals surface area (Å²) in [6, 6.07) is 0. The summed E-state index contributed by atoms with van der Waals surface area (Å²) >= 11 is 0. The highest BCUT2D eigenvalue weighted by molar-refractivity contribution is 5.37. The van der Waals surface area contributed by atoms with Crippen molar-refractivity contribution in [2.24, 2.45) is 5.84 Å². The van der Waals surface area contributed by atoms with Gasteiger partial charge in [0.25, 0.3) is 0 Å². The molecule has 0 saturated carbocycles. The van der Waals surface area contributed by atoms with E-state index in [0.717, 1.165) is 11.4 Å². The largest absolute Gasteiger partial charge is 0.307 e. The van der Waals surface area contributed by atoms with Crippen LogP contribution < -0.4 is 11.3 Å². The zero-order chi connectivity index (χ0) is 7.56. The van der Waals surface area contributed by atoms with E-state index in [-0.39, 0.29) is 0 Å². The lowest BCUT2D eigenvalue weighted by Crippen LogP contribution is -2.11. The Morgan fingerprint density at radius 3 is 2.70 bits per heavy atom. The molecule has 0 spiro atoms. The summed E-state index contributed by atoms with van der Waals surface area (Å²) in [5.74, 6) is 5.81. The SMILES string of the molecule is Cc1cnc(C)c(NN)n1. The van der Waals surface area contributed by atoms with Crippen LogP contribution in [0.3, 0.4) is 0 Å². The van der Waals surface area contributed by atoms with Gasteiger partial charge in [-0.1, -0.05) is 0 Å². The lowest BCUT2D eigenvalue weighted by atomic mass is 10.4. The monoisotopic (exact) mass is 138 g/mol. The van der Waals surface area contributed by atoms with Gasteiger partial charge in [-0.05, 0) is 13.8 Å². The van der Waals surface area contributed by atoms with Crippen molar-refractivity contribution < 1.29 is 0 Å². The normalized spacial score (nSPS) is 9.50. The number of anilines is 1. The molecule has 10 heavy (non-hydrogen) atoms. The van der Waals surface area contributed by atoms with Crippen LogP contribution in [0.5, 0.6) is 0 Å². The van der Waals surface area contributed by atoms with Crippen molar-refractivity contribution in [3.8, 4) is 0 Å². The average molecular weight is 138 g/mol. The fourth-order valence-electron chi connectivity index (χ4n) is 0.674. The molecule has 0 atom stereocenters. The van der Waals surface area contributed by atoms with E-state index in [4.69, 9.17) is 5.84 Å². The van der Waals surface area contributed by atoms with Crippen molar-refractivity contribution >= 4 is 5.82 Å². The molecular weight excluding hydrogens is 128 g/mol. The van der Waals surface area contributed by atoms with Gasteiger partial charge in [-0.3, -0.25) is 4.98 Å². The first-order valence-corrected chi connectivity index (χ1v) is 3.01. The second-order valence-corrected chi connectivity index (χ2v) is 2.09. The molecule has 0 fully saturated rings. The smallest absolute Gasteiger partial charge is 0.161 e. The third-order valence-corrected chi connectivity index (χ3v) is 1.21. The maximum atomic E-state index is 5.17. The van der Waals surface area contributed by atoms with Crippen LogP contribution in [0.2, 0.25) is 0 Å². The third-order valence-electron chi connectivity index (χ3n) is 1.21. The van der Waals surface area contributed by atoms with Crippen LogP contribution in [0, 0.1) is 13.8 Å². The van der Waals surface area contributed by atoms with Crippen molar-refractivity contribution in [1.82, 2.24) is 9.97 Å². The summed E-state index contributed by atoms with van der Waals surface area (Å²) in [5, 5.41) is 0. The van der Waals surface area contributed by atoms with E-state index in [2.05, 4.69) is 15.4 Å². The first kappa shape index (κ1) is 6.95. The lowest BCUT2D eigenvalue weighted by Gasteiger charge is -2.01. The summed E-state index contributed by atoms with van der Waals surface area (Å²) in [6.45, 7) is 3.72. The number of nitrogens with zero attached hydrogens (tertiary/aromatic N) is 2. The minimum absolute atomic E-state index is 0.639. The number of nitrogens with two attached hydrogens (primary N) is 1. The summed E-state index contributed by atoms with van der Waals surface area (Å²) < 4.78 is 0. The van der Waals surface area contributed by atoms with Crippen molar-refractivity contribution in [3.05, 3.63) is 17.6 Å². The van der Waals surface area contributed by atoms with Crippen molar-refractivity contribution in [2.75, 3.05) is 5.43 Å².